The average Bonchev–Trinajstić information content (AvgIpc) is 3.40. The van der Waals surface area contributed by atoms with E-state index in [-0.39, 0.29) is 17.3 Å². The fourth-order valence-electron chi connectivity index (χ4n) is 6.60. The third kappa shape index (κ3) is 3.31. The van der Waals surface area contributed by atoms with E-state index in [1.54, 1.807) is 59.8 Å². The maximum absolute atomic E-state index is 14.7. The number of carbonyl (C=O) groups excluding carboxylic acids is 3. The van der Waals surface area contributed by atoms with Crippen molar-refractivity contribution in [3.8, 4) is 0 Å². The molecule has 0 bridgehead atoms. The number of nitrogens with zero attached hydrogens (tertiary/aromatic N) is 2. The van der Waals surface area contributed by atoms with Crippen LogP contribution in [0.5, 0.6) is 0 Å². The number of rotatable bonds is 3. The number of ketones is 3. The normalized spacial score (nSPS) is 22.1. The third-order valence-electron chi connectivity index (χ3n) is 8.20. The molecule has 1 spiro atoms. The summed E-state index contributed by atoms with van der Waals surface area (Å²) in [6.45, 7) is 0. The topological polar surface area (TPSA) is 66.8 Å². The van der Waals surface area contributed by atoms with E-state index in [1.165, 1.54) is 0 Å². The summed E-state index contributed by atoms with van der Waals surface area (Å²) in [5.74, 6) is -1.57. The van der Waals surface area contributed by atoms with Crippen LogP contribution in [0.1, 0.15) is 59.7 Å². The summed E-state index contributed by atoms with van der Waals surface area (Å²) >= 11 is 9.63. The van der Waals surface area contributed by atoms with Crippen LogP contribution >= 0.6 is 27.5 Å². The van der Waals surface area contributed by atoms with Crippen LogP contribution in [-0.4, -0.2) is 34.6 Å². The smallest absolute Gasteiger partial charge is 0.187 e. The van der Waals surface area contributed by atoms with Gasteiger partial charge in [-0.05, 0) is 53.1 Å². The molecule has 5 nitrogen and oxygen atoms in total. The molecule has 1 fully saturated rings. The monoisotopic (exact) mass is 594 g/mol. The lowest BCUT2D eigenvalue weighted by atomic mass is 9.63. The number of carbonyl (C=O) groups is 3. The number of benzene rings is 4. The van der Waals surface area contributed by atoms with E-state index in [0.717, 1.165) is 21.2 Å². The van der Waals surface area contributed by atoms with Gasteiger partial charge in [0.15, 0.2) is 17.3 Å². The lowest BCUT2D eigenvalue weighted by Crippen LogP contribution is -2.43. The van der Waals surface area contributed by atoms with Gasteiger partial charge in [0.2, 0.25) is 0 Å². The fraction of sp³-hybridized carbons (Fsp3) is 0.125. The summed E-state index contributed by atoms with van der Waals surface area (Å²) in [4.78, 5) is 43.7. The number of fused-ring (bicyclic) bond motifs is 5. The molecule has 0 radical (unpaired) electrons. The van der Waals surface area contributed by atoms with Crippen LogP contribution in [0.15, 0.2) is 107 Å². The van der Waals surface area contributed by atoms with Crippen LogP contribution in [0, 0.1) is 5.41 Å². The van der Waals surface area contributed by atoms with Crippen LogP contribution in [0.4, 0.5) is 0 Å². The first-order chi connectivity index (χ1) is 18.9. The minimum atomic E-state index is -1.59. The SMILES string of the molecule is O=C(c1ccc(Cl)cc1)C1C(c2ccc(Br)cc2)C2(C(=O)c3ccccc3C2=O)C2c3ccccc3C=NN12. The Morgan fingerprint density at radius 1 is 0.821 bits per heavy atom. The first-order valence-corrected chi connectivity index (χ1v) is 13.7. The van der Waals surface area contributed by atoms with Crippen molar-refractivity contribution in [1.82, 2.24) is 5.01 Å². The van der Waals surface area contributed by atoms with Gasteiger partial charge in [0, 0.05) is 32.1 Å². The zero-order valence-corrected chi connectivity index (χ0v) is 22.8. The average molecular weight is 596 g/mol. The number of halogens is 2. The molecule has 1 aliphatic carbocycles. The molecule has 4 aromatic rings. The van der Waals surface area contributed by atoms with Gasteiger partial charge in [0.1, 0.15) is 11.5 Å². The van der Waals surface area contributed by atoms with Crippen LogP contribution in [0.2, 0.25) is 5.02 Å². The molecule has 3 atom stereocenters. The second-order valence-electron chi connectivity index (χ2n) is 10.1. The van der Waals surface area contributed by atoms with E-state index < -0.39 is 23.4 Å². The van der Waals surface area contributed by atoms with Crippen molar-refractivity contribution >= 4 is 51.1 Å². The molecule has 3 unspecified atom stereocenters. The number of hydrazone groups is 1. The Bertz CT molecular complexity index is 1680. The first-order valence-electron chi connectivity index (χ1n) is 12.6. The third-order valence-corrected chi connectivity index (χ3v) is 8.98. The lowest BCUT2D eigenvalue weighted by molar-refractivity contribution is 0.0586. The van der Waals surface area contributed by atoms with Gasteiger partial charge >= 0.3 is 0 Å². The summed E-state index contributed by atoms with van der Waals surface area (Å²) in [6.07, 6.45) is 1.71. The highest BCUT2D eigenvalue weighted by Gasteiger charge is 2.72. The predicted octanol–water partition coefficient (Wildman–Crippen LogP) is 6.91. The minimum absolute atomic E-state index is 0.227. The van der Waals surface area contributed by atoms with Crippen molar-refractivity contribution < 1.29 is 14.4 Å². The summed E-state index contributed by atoms with van der Waals surface area (Å²) in [5, 5.41) is 6.98. The highest BCUT2D eigenvalue weighted by molar-refractivity contribution is 9.10. The Morgan fingerprint density at radius 3 is 2.10 bits per heavy atom. The number of hydrogen-bond acceptors (Lipinski definition) is 5. The molecule has 2 aliphatic heterocycles. The Hall–Kier alpha value is -3.87. The van der Waals surface area contributed by atoms with Crippen molar-refractivity contribution in [2.75, 3.05) is 0 Å². The predicted molar refractivity (Wildman–Crippen MR) is 153 cm³/mol. The van der Waals surface area contributed by atoms with Crippen LogP contribution in [-0.2, 0) is 0 Å². The fourth-order valence-corrected chi connectivity index (χ4v) is 6.99. The standard InChI is InChI=1S/C32H20BrClN2O3/c33-21-13-9-18(10-14-21)26-27(28(37)19-11-15-22(34)16-12-19)36-29(23-6-2-1-5-20(23)17-35-36)32(26)30(38)24-7-3-4-8-25(24)31(32)39/h1-17,26-27,29H. The van der Waals surface area contributed by atoms with Gasteiger partial charge in [-0.15, -0.1) is 0 Å². The van der Waals surface area contributed by atoms with Gasteiger partial charge in [0.05, 0.1) is 12.3 Å². The summed E-state index contributed by atoms with van der Waals surface area (Å²) in [6, 6.07) is 27.1. The maximum atomic E-state index is 14.7. The van der Waals surface area contributed by atoms with E-state index in [1.807, 2.05) is 48.5 Å². The van der Waals surface area contributed by atoms with Gasteiger partial charge in [-0.3, -0.25) is 19.4 Å². The highest BCUT2D eigenvalue weighted by Crippen LogP contribution is 2.64. The molecule has 0 saturated carbocycles. The van der Waals surface area contributed by atoms with Gasteiger partial charge in [0.25, 0.3) is 0 Å². The van der Waals surface area contributed by atoms with E-state index in [2.05, 4.69) is 15.9 Å². The minimum Gasteiger partial charge on any atom is -0.293 e. The molecule has 0 amide bonds. The second kappa shape index (κ2) is 8.83. The Morgan fingerprint density at radius 2 is 1.44 bits per heavy atom. The van der Waals surface area contributed by atoms with Crippen molar-refractivity contribution in [2.45, 2.75) is 18.0 Å². The first kappa shape index (κ1) is 24.2. The summed E-state index contributed by atoms with van der Waals surface area (Å²) in [7, 11) is 0. The second-order valence-corrected chi connectivity index (χ2v) is 11.4. The Labute approximate surface area is 238 Å². The van der Waals surface area contributed by atoms with E-state index in [0.29, 0.717) is 21.7 Å². The van der Waals surface area contributed by atoms with Crippen LogP contribution in [0.3, 0.4) is 0 Å². The molecule has 7 heteroatoms. The van der Waals surface area contributed by atoms with Crippen molar-refractivity contribution in [3.63, 3.8) is 0 Å². The molecule has 0 N–H and O–H groups in total. The van der Waals surface area contributed by atoms with Gasteiger partial charge in [-0.25, -0.2) is 0 Å². The number of hydrogen-bond donors (Lipinski definition) is 0. The molecule has 2 heterocycles. The zero-order chi connectivity index (χ0) is 26.9. The van der Waals surface area contributed by atoms with Gasteiger partial charge in [-0.1, -0.05) is 88.2 Å². The molecule has 3 aliphatic rings. The zero-order valence-electron chi connectivity index (χ0n) is 20.4. The van der Waals surface area contributed by atoms with E-state index in [4.69, 9.17) is 16.7 Å². The largest absolute Gasteiger partial charge is 0.293 e. The molecule has 7 rings (SSSR count). The van der Waals surface area contributed by atoms with Crippen molar-refractivity contribution in [2.24, 2.45) is 10.5 Å². The molecule has 0 aromatic heterocycles. The molecule has 190 valence electrons. The maximum Gasteiger partial charge on any atom is 0.187 e. The van der Waals surface area contributed by atoms with E-state index in [9.17, 15) is 14.4 Å². The Kier molecular flexibility index (Phi) is 5.48. The summed E-state index contributed by atoms with van der Waals surface area (Å²) in [5.41, 5.74) is 1.97. The summed E-state index contributed by atoms with van der Waals surface area (Å²) < 4.78 is 0.854. The lowest BCUT2D eigenvalue weighted by Gasteiger charge is -2.36. The quantitative estimate of drug-likeness (QED) is 0.191. The van der Waals surface area contributed by atoms with Crippen molar-refractivity contribution in [1.29, 1.82) is 0 Å². The molecular formula is C32H20BrClN2O3. The highest BCUT2D eigenvalue weighted by atomic mass is 79.9. The van der Waals surface area contributed by atoms with Gasteiger partial charge in [-0.2, -0.15) is 5.10 Å². The molecular weight excluding hydrogens is 576 g/mol. The van der Waals surface area contributed by atoms with Crippen molar-refractivity contribution in [3.05, 3.63) is 140 Å². The van der Waals surface area contributed by atoms with Gasteiger partial charge < -0.3 is 0 Å². The molecule has 1 saturated heterocycles. The van der Waals surface area contributed by atoms with E-state index >= 15 is 0 Å². The van der Waals surface area contributed by atoms with Crippen LogP contribution in [0.25, 0.3) is 0 Å². The number of Topliss-reactive ketones (excluding diaryl/α,β-unsaturated/α-hetero) is 3. The molecule has 39 heavy (non-hydrogen) atoms. The molecule has 4 aromatic carbocycles. The Balaban J connectivity index is 1.55. The van der Waals surface area contributed by atoms with Crippen LogP contribution < -0.4 is 0 Å².